The van der Waals surface area contributed by atoms with E-state index >= 15 is 0 Å². The highest BCUT2D eigenvalue weighted by atomic mass is 19.1. The first-order valence-electron chi connectivity index (χ1n) is 5.81. The smallest absolute Gasteiger partial charge is 0.220 e. The van der Waals surface area contributed by atoms with E-state index in [1.54, 1.807) is 18.2 Å². The van der Waals surface area contributed by atoms with Crippen molar-refractivity contribution in [2.45, 2.75) is 19.3 Å². The first kappa shape index (κ1) is 13.6. The number of carbonyl (C=O) groups excluding carboxylic acids is 1. The fourth-order valence-corrected chi connectivity index (χ4v) is 1.66. The van der Waals surface area contributed by atoms with Crippen LogP contribution in [0.15, 0.2) is 24.3 Å². The Kier molecular flexibility index (Phi) is 5.63. The SMILES string of the molecule is CNCCNC(=O)CC(C)c1ccccc1F. The van der Waals surface area contributed by atoms with E-state index in [-0.39, 0.29) is 17.6 Å². The van der Waals surface area contributed by atoms with Crippen LogP contribution in [-0.2, 0) is 4.79 Å². The molecule has 0 saturated heterocycles. The quantitative estimate of drug-likeness (QED) is 0.740. The number of hydrogen-bond donors (Lipinski definition) is 2. The van der Waals surface area contributed by atoms with Gasteiger partial charge < -0.3 is 10.6 Å². The van der Waals surface area contributed by atoms with Crippen molar-refractivity contribution in [1.82, 2.24) is 10.6 Å². The monoisotopic (exact) mass is 238 g/mol. The Labute approximate surface area is 101 Å². The molecule has 0 spiro atoms. The van der Waals surface area contributed by atoms with E-state index < -0.39 is 0 Å². The standard InChI is InChI=1S/C13H19FN2O/c1-10(9-13(17)16-8-7-15-2)11-5-3-4-6-12(11)14/h3-6,10,15H,7-9H2,1-2H3,(H,16,17). The molecule has 0 radical (unpaired) electrons. The summed E-state index contributed by atoms with van der Waals surface area (Å²) in [5, 5.41) is 5.72. The van der Waals surface area contributed by atoms with Gasteiger partial charge in [-0.15, -0.1) is 0 Å². The van der Waals surface area contributed by atoms with Gasteiger partial charge in [0.15, 0.2) is 0 Å². The number of rotatable bonds is 6. The zero-order valence-corrected chi connectivity index (χ0v) is 10.3. The molecule has 1 amide bonds. The number of likely N-dealkylation sites (N-methyl/N-ethyl adjacent to an activating group) is 1. The normalized spacial score (nSPS) is 12.2. The minimum Gasteiger partial charge on any atom is -0.355 e. The van der Waals surface area contributed by atoms with Crippen molar-refractivity contribution < 1.29 is 9.18 Å². The summed E-state index contributed by atoms with van der Waals surface area (Å²) >= 11 is 0. The van der Waals surface area contributed by atoms with Gasteiger partial charge in [0.1, 0.15) is 5.82 Å². The number of nitrogens with one attached hydrogen (secondary N) is 2. The van der Waals surface area contributed by atoms with Gasteiger partial charge >= 0.3 is 0 Å². The van der Waals surface area contributed by atoms with Crippen molar-refractivity contribution in [2.75, 3.05) is 20.1 Å². The third-order valence-electron chi connectivity index (χ3n) is 2.62. The Bertz CT molecular complexity index is 368. The molecule has 1 aromatic rings. The molecule has 0 aliphatic heterocycles. The van der Waals surface area contributed by atoms with Gasteiger partial charge in [-0.2, -0.15) is 0 Å². The highest BCUT2D eigenvalue weighted by Crippen LogP contribution is 2.21. The summed E-state index contributed by atoms with van der Waals surface area (Å²) in [6.07, 6.45) is 0.310. The number of hydrogen-bond acceptors (Lipinski definition) is 2. The lowest BCUT2D eigenvalue weighted by atomic mass is 9.97. The number of amides is 1. The summed E-state index contributed by atoms with van der Waals surface area (Å²) in [5.41, 5.74) is 0.594. The van der Waals surface area contributed by atoms with Crippen molar-refractivity contribution in [1.29, 1.82) is 0 Å². The fraction of sp³-hybridized carbons (Fsp3) is 0.462. The maximum absolute atomic E-state index is 13.5. The van der Waals surface area contributed by atoms with Crippen molar-refractivity contribution in [3.05, 3.63) is 35.6 Å². The van der Waals surface area contributed by atoms with Crippen LogP contribution in [-0.4, -0.2) is 26.0 Å². The highest BCUT2D eigenvalue weighted by Gasteiger charge is 2.13. The summed E-state index contributed by atoms with van der Waals surface area (Å²) in [6, 6.07) is 6.58. The van der Waals surface area contributed by atoms with Crippen LogP contribution >= 0.6 is 0 Å². The summed E-state index contributed by atoms with van der Waals surface area (Å²) in [6.45, 7) is 3.19. The molecule has 94 valence electrons. The predicted octanol–water partition coefficient (Wildman–Crippen LogP) is 1.65. The summed E-state index contributed by atoms with van der Waals surface area (Å²) in [4.78, 5) is 11.6. The lowest BCUT2D eigenvalue weighted by Gasteiger charge is -2.12. The molecule has 0 aliphatic rings. The first-order valence-corrected chi connectivity index (χ1v) is 5.81. The van der Waals surface area contributed by atoms with Crippen molar-refractivity contribution in [3.8, 4) is 0 Å². The van der Waals surface area contributed by atoms with E-state index in [4.69, 9.17) is 0 Å². The predicted molar refractivity (Wildman–Crippen MR) is 66.4 cm³/mol. The summed E-state index contributed by atoms with van der Waals surface area (Å²) < 4.78 is 13.5. The van der Waals surface area contributed by atoms with Gasteiger partial charge in [-0.3, -0.25) is 4.79 Å². The molecule has 1 aromatic carbocycles. The van der Waals surface area contributed by atoms with E-state index in [2.05, 4.69) is 10.6 Å². The molecule has 0 saturated carbocycles. The molecule has 1 unspecified atom stereocenters. The molecule has 0 fully saturated rings. The van der Waals surface area contributed by atoms with Crippen LogP contribution < -0.4 is 10.6 Å². The van der Waals surface area contributed by atoms with E-state index in [1.807, 2.05) is 14.0 Å². The Hall–Kier alpha value is -1.42. The Balaban J connectivity index is 2.46. The minimum absolute atomic E-state index is 0.0454. The zero-order chi connectivity index (χ0) is 12.7. The fourth-order valence-electron chi connectivity index (χ4n) is 1.66. The second kappa shape index (κ2) is 7.01. The zero-order valence-electron chi connectivity index (χ0n) is 10.3. The van der Waals surface area contributed by atoms with E-state index in [0.29, 0.717) is 18.5 Å². The average molecular weight is 238 g/mol. The molecule has 2 N–H and O–H groups in total. The lowest BCUT2D eigenvalue weighted by molar-refractivity contribution is -0.121. The van der Waals surface area contributed by atoms with Crippen molar-refractivity contribution >= 4 is 5.91 Å². The highest BCUT2D eigenvalue weighted by molar-refractivity contribution is 5.76. The van der Waals surface area contributed by atoms with Gasteiger partial charge in [-0.1, -0.05) is 25.1 Å². The summed E-state index contributed by atoms with van der Waals surface area (Å²) in [5.74, 6) is -0.398. The van der Waals surface area contributed by atoms with Crippen LogP contribution in [0.5, 0.6) is 0 Å². The van der Waals surface area contributed by atoms with Crippen LogP contribution in [0, 0.1) is 5.82 Å². The Morgan fingerprint density at radius 1 is 1.35 bits per heavy atom. The molecule has 1 atom stereocenters. The lowest BCUT2D eigenvalue weighted by Crippen LogP contribution is -2.31. The van der Waals surface area contributed by atoms with Crippen LogP contribution in [0.2, 0.25) is 0 Å². The molecule has 1 rings (SSSR count). The van der Waals surface area contributed by atoms with E-state index in [0.717, 1.165) is 6.54 Å². The third-order valence-corrected chi connectivity index (χ3v) is 2.62. The minimum atomic E-state index is -0.247. The molecular weight excluding hydrogens is 219 g/mol. The molecule has 0 aromatic heterocycles. The second-order valence-electron chi connectivity index (χ2n) is 4.08. The first-order chi connectivity index (χ1) is 8.15. The van der Waals surface area contributed by atoms with Crippen molar-refractivity contribution in [3.63, 3.8) is 0 Å². The summed E-state index contributed by atoms with van der Waals surface area (Å²) in [7, 11) is 1.83. The number of carbonyl (C=O) groups is 1. The molecule has 3 nitrogen and oxygen atoms in total. The van der Waals surface area contributed by atoms with Crippen molar-refractivity contribution in [2.24, 2.45) is 0 Å². The third kappa shape index (κ3) is 4.53. The molecule has 0 aliphatic carbocycles. The topological polar surface area (TPSA) is 41.1 Å². The Morgan fingerprint density at radius 3 is 2.71 bits per heavy atom. The van der Waals surface area contributed by atoms with E-state index in [9.17, 15) is 9.18 Å². The molecule has 17 heavy (non-hydrogen) atoms. The van der Waals surface area contributed by atoms with Gasteiger partial charge in [0.05, 0.1) is 0 Å². The maximum atomic E-state index is 13.5. The number of halogens is 1. The Morgan fingerprint density at radius 2 is 2.06 bits per heavy atom. The maximum Gasteiger partial charge on any atom is 0.220 e. The largest absolute Gasteiger partial charge is 0.355 e. The number of benzene rings is 1. The average Bonchev–Trinajstić information content (AvgIpc) is 2.29. The van der Waals surface area contributed by atoms with Crippen LogP contribution in [0.3, 0.4) is 0 Å². The van der Waals surface area contributed by atoms with Crippen LogP contribution in [0.4, 0.5) is 4.39 Å². The van der Waals surface area contributed by atoms with Gasteiger partial charge in [0.25, 0.3) is 0 Å². The molecule has 0 bridgehead atoms. The second-order valence-corrected chi connectivity index (χ2v) is 4.08. The van der Waals surface area contributed by atoms with Crippen LogP contribution in [0.1, 0.15) is 24.8 Å². The van der Waals surface area contributed by atoms with Gasteiger partial charge in [-0.25, -0.2) is 4.39 Å². The van der Waals surface area contributed by atoms with Gasteiger partial charge in [0.2, 0.25) is 5.91 Å². The molecule has 0 heterocycles. The van der Waals surface area contributed by atoms with E-state index in [1.165, 1.54) is 6.07 Å². The van der Waals surface area contributed by atoms with Gasteiger partial charge in [0, 0.05) is 19.5 Å². The van der Waals surface area contributed by atoms with Gasteiger partial charge in [-0.05, 0) is 24.6 Å². The molecule has 4 heteroatoms. The van der Waals surface area contributed by atoms with Crippen LogP contribution in [0.25, 0.3) is 0 Å². The molecular formula is C13H19FN2O.